The lowest BCUT2D eigenvalue weighted by Gasteiger charge is -2.24. The van der Waals surface area contributed by atoms with Crippen LogP contribution in [0.1, 0.15) is 24.0 Å². The van der Waals surface area contributed by atoms with Crippen molar-refractivity contribution in [1.29, 1.82) is 0 Å². The third-order valence-corrected chi connectivity index (χ3v) is 7.16. The fourth-order valence-electron chi connectivity index (χ4n) is 3.99. The quantitative estimate of drug-likeness (QED) is 0.682. The third kappa shape index (κ3) is 2.61. The van der Waals surface area contributed by atoms with Crippen LogP contribution in [0.2, 0.25) is 5.02 Å². The molecule has 1 N–H and O–H groups in total. The van der Waals surface area contributed by atoms with Crippen LogP contribution in [-0.4, -0.2) is 20.7 Å². The Morgan fingerprint density at radius 2 is 2.00 bits per heavy atom. The maximum absolute atomic E-state index is 12.9. The number of hydrogen-bond donors (Lipinski definition) is 1. The number of fused-ring (bicyclic) bond motifs is 4. The van der Waals surface area contributed by atoms with Gasteiger partial charge in [-0.25, -0.2) is 8.42 Å². The van der Waals surface area contributed by atoms with Gasteiger partial charge in [-0.15, -0.1) is 0 Å². The summed E-state index contributed by atoms with van der Waals surface area (Å²) in [6, 6.07) is 12.2. The molecule has 5 rings (SSSR count). The molecular formula is C20H17ClN2O4S. The lowest BCUT2D eigenvalue weighted by molar-refractivity contribution is 0.403. The summed E-state index contributed by atoms with van der Waals surface area (Å²) in [5.74, 6) is 1.06. The van der Waals surface area contributed by atoms with E-state index in [-0.39, 0.29) is 21.9 Å². The maximum atomic E-state index is 12.9. The van der Waals surface area contributed by atoms with Gasteiger partial charge in [-0.1, -0.05) is 35.0 Å². The predicted octanol–water partition coefficient (Wildman–Crippen LogP) is 4.39. The molecule has 0 atom stereocenters. The number of hydrogen-bond acceptors (Lipinski definition) is 5. The number of nitrogens with one attached hydrogen (secondary N) is 1. The van der Waals surface area contributed by atoms with Crippen molar-refractivity contribution < 1.29 is 17.7 Å². The molecule has 2 aliphatic rings. The predicted molar refractivity (Wildman–Crippen MR) is 105 cm³/mol. The van der Waals surface area contributed by atoms with E-state index >= 15 is 0 Å². The fraction of sp³-hybridized carbons (Fsp3) is 0.250. The van der Waals surface area contributed by atoms with Gasteiger partial charge in [0.25, 0.3) is 10.0 Å². The van der Waals surface area contributed by atoms with Crippen molar-refractivity contribution in [2.45, 2.75) is 29.6 Å². The SMILES string of the molecule is COc1ccccc1S(=O)(=O)Nc1noc2c1CC1(CC1)c1ccc(Cl)cc1-2. The van der Waals surface area contributed by atoms with Crippen LogP contribution in [0.15, 0.2) is 51.9 Å². The first-order valence-corrected chi connectivity index (χ1v) is 10.7. The molecule has 0 bridgehead atoms. The summed E-state index contributed by atoms with van der Waals surface area (Å²) >= 11 is 6.20. The number of ether oxygens (including phenoxy) is 1. The van der Waals surface area contributed by atoms with Crippen LogP contribution >= 0.6 is 11.6 Å². The van der Waals surface area contributed by atoms with Crippen LogP contribution in [0.4, 0.5) is 5.82 Å². The van der Waals surface area contributed by atoms with E-state index in [9.17, 15) is 8.42 Å². The standard InChI is InChI=1S/C20H17ClN2O4S/c1-26-16-4-2-3-5-17(16)28(24,25)23-19-14-11-20(8-9-20)15-7-6-12(21)10-13(15)18(14)27-22-19/h2-7,10H,8-9,11H2,1H3,(H,22,23). The van der Waals surface area contributed by atoms with Gasteiger partial charge in [-0.05, 0) is 49.1 Å². The average molecular weight is 417 g/mol. The Morgan fingerprint density at radius 1 is 1.21 bits per heavy atom. The lowest BCUT2D eigenvalue weighted by atomic mass is 9.79. The van der Waals surface area contributed by atoms with E-state index in [0.29, 0.717) is 17.2 Å². The normalized spacial score (nSPS) is 16.4. The van der Waals surface area contributed by atoms with Gasteiger partial charge in [0.05, 0.1) is 7.11 Å². The van der Waals surface area contributed by atoms with Crippen LogP contribution in [-0.2, 0) is 21.9 Å². The lowest BCUT2D eigenvalue weighted by Crippen LogP contribution is -2.20. The van der Waals surface area contributed by atoms with Crippen molar-refractivity contribution in [2.75, 3.05) is 11.8 Å². The molecule has 1 fully saturated rings. The van der Waals surface area contributed by atoms with E-state index in [1.807, 2.05) is 18.2 Å². The summed E-state index contributed by atoms with van der Waals surface area (Å²) in [4.78, 5) is 0.0506. The molecule has 6 nitrogen and oxygen atoms in total. The number of rotatable bonds is 4. The van der Waals surface area contributed by atoms with E-state index in [1.165, 1.54) is 18.7 Å². The van der Waals surface area contributed by atoms with Crippen LogP contribution in [0.5, 0.6) is 5.75 Å². The second-order valence-electron chi connectivity index (χ2n) is 7.24. The topological polar surface area (TPSA) is 81.4 Å². The van der Waals surface area contributed by atoms with Gasteiger partial charge in [0.15, 0.2) is 11.6 Å². The van der Waals surface area contributed by atoms with E-state index in [1.54, 1.807) is 18.2 Å². The summed E-state index contributed by atoms with van der Waals surface area (Å²) in [5, 5.41) is 4.64. The van der Waals surface area contributed by atoms with Crippen molar-refractivity contribution >= 4 is 27.4 Å². The maximum Gasteiger partial charge on any atom is 0.266 e. The summed E-state index contributed by atoms with van der Waals surface area (Å²) in [7, 11) is -2.45. The minimum atomic E-state index is -3.89. The molecule has 0 radical (unpaired) electrons. The number of aromatic nitrogens is 1. The van der Waals surface area contributed by atoms with Gasteiger partial charge in [0.2, 0.25) is 0 Å². The van der Waals surface area contributed by atoms with Crippen molar-refractivity contribution in [2.24, 2.45) is 0 Å². The molecule has 1 aromatic heterocycles. The highest BCUT2D eigenvalue weighted by Crippen LogP contribution is 2.58. The minimum Gasteiger partial charge on any atom is -0.495 e. The molecule has 2 aromatic carbocycles. The zero-order valence-corrected chi connectivity index (χ0v) is 16.6. The zero-order chi connectivity index (χ0) is 19.5. The first-order valence-electron chi connectivity index (χ1n) is 8.88. The molecule has 1 spiro atoms. The Balaban J connectivity index is 1.59. The average Bonchev–Trinajstić information content (AvgIpc) is 3.35. The molecule has 8 heteroatoms. The van der Waals surface area contributed by atoms with Gasteiger partial charge < -0.3 is 9.26 Å². The van der Waals surface area contributed by atoms with Crippen LogP contribution in [0.3, 0.4) is 0 Å². The number of nitrogens with zero attached hydrogens (tertiary/aromatic N) is 1. The van der Waals surface area contributed by atoms with Crippen molar-refractivity contribution in [3.05, 3.63) is 58.6 Å². The van der Waals surface area contributed by atoms with E-state index < -0.39 is 10.0 Å². The largest absolute Gasteiger partial charge is 0.495 e. The Kier molecular flexibility index (Phi) is 3.76. The number of anilines is 1. The number of halogens is 1. The molecule has 1 heterocycles. The first-order chi connectivity index (χ1) is 13.4. The minimum absolute atomic E-state index is 0.0170. The zero-order valence-electron chi connectivity index (χ0n) is 15.0. The van der Waals surface area contributed by atoms with E-state index in [4.69, 9.17) is 20.9 Å². The van der Waals surface area contributed by atoms with Crippen molar-refractivity contribution in [3.8, 4) is 17.1 Å². The molecule has 2 aliphatic carbocycles. The molecule has 0 unspecified atom stereocenters. The van der Waals surface area contributed by atoms with Gasteiger partial charge in [-0.3, -0.25) is 4.72 Å². The Bertz CT molecular complexity index is 1200. The Morgan fingerprint density at radius 3 is 2.75 bits per heavy atom. The third-order valence-electron chi connectivity index (χ3n) is 5.54. The second-order valence-corrected chi connectivity index (χ2v) is 9.33. The molecule has 144 valence electrons. The number of para-hydroxylation sites is 1. The van der Waals surface area contributed by atoms with Crippen molar-refractivity contribution in [3.63, 3.8) is 0 Å². The monoisotopic (exact) mass is 416 g/mol. The molecule has 0 amide bonds. The Hall–Kier alpha value is -2.51. The number of sulfonamides is 1. The highest BCUT2D eigenvalue weighted by molar-refractivity contribution is 7.92. The summed E-state index contributed by atoms with van der Waals surface area (Å²) in [6.45, 7) is 0. The highest BCUT2D eigenvalue weighted by atomic mass is 35.5. The number of benzene rings is 2. The number of methoxy groups -OCH3 is 1. The molecule has 0 aliphatic heterocycles. The smallest absolute Gasteiger partial charge is 0.266 e. The second kappa shape index (κ2) is 5.99. The van der Waals surface area contributed by atoms with Gasteiger partial charge >= 0.3 is 0 Å². The van der Waals surface area contributed by atoms with Crippen LogP contribution < -0.4 is 9.46 Å². The van der Waals surface area contributed by atoms with Gasteiger partial charge in [0.1, 0.15) is 10.6 Å². The molecular weight excluding hydrogens is 400 g/mol. The van der Waals surface area contributed by atoms with E-state index in [2.05, 4.69) is 9.88 Å². The Labute approximate surface area is 167 Å². The van der Waals surface area contributed by atoms with E-state index in [0.717, 1.165) is 24.0 Å². The van der Waals surface area contributed by atoms with Crippen LogP contribution in [0.25, 0.3) is 11.3 Å². The highest BCUT2D eigenvalue weighted by Gasteiger charge is 2.50. The van der Waals surface area contributed by atoms with Gasteiger partial charge in [-0.2, -0.15) is 0 Å². The van der Waals surface area contributed by atoms with Crippen molar-refractivity contribution in [1.82, 2.24) is 5.16 Å². The summed E-state index contributed by atoms with van der Waals surface area (Å²) in [6.07, 6.45) is 2.78. The summed E-state index contributed by atoms with van der Waals surface area (Å²) < 4.78 is 39.2. The van der Waals surface area contributed by atoms with Crippen LogP contribution in [0, 0.1) is 0 Å². The first kappa shape index (κ1) is 17.6. The molecule has 3 aromatic rings. The molecule has 0 saturated heterocycles. The van der Waals surface area contributed by atoms with Gasteiger partial charge in [0, 0.05) is 21.6 Å². The summed E-state index contributed by atoms with van der Waals surface area (Å²) in [5.41, 5.74) is 2.87. The molecule has 28 heavy (non-hydrogen) atoms. The molecule has 1 saturated carbocycles. The fourth-order valence-corrected chi connectivity index (χ4v) is 5.36.